The molecule has 0 saturated carbocycles. The molecule has 0 aromatic heterocycles. The number of ether oxygens (including phenoxy) is 1. The van der Waals surface area contributed by atoms with Gasteiger partial charge in [0.1, 0.15) is 6.42 Å². The van der Waals surface area contributed by atoms with E-state index < -0.39 is 13.0 Å². The Kier molecular flexibility index (Phi) is 13.8. The maximum Gasteiger partial charge on any atom is 0.317 e. The Morgan fingerprint density at radius 2 is 0.963 bits per heavy atom. The molecule has 0 aromatic carbocycles. The predicted octanol–water partition coefficient (Wildman–Crippen LogP) is 3.32. The maximum atomic E-state index is 11.1. The Morgan fingerprint density at radius 1 is 0.630 bits per heavy atom. The van der Waals surface area contributed by atoms with E-state index >= 15 is 0 Å². The summed E-state index contributed by atoms with van der Waals surface area (Å²) in [5, 5.41) is 0. The molecule has 0 saturated heterocycles. The van der Waals surface area contributed by atoms with Crippen LogP contribution in [-0.2, 0) is 9.53 Å². The van der Waals surface area contributed by atoms with E-state index in [1.54, 1.807) is 0 Å². The molecule has 0 radical (unpaired) electrons. The first-order valence-electron chi connectivity index (χ1n) is 9.87. The molecule has 2 heteroatoms. The third-order valence-electron chi connectivity index (χ3n) is 2.46. The minimum Gasteiger partial charge on any atom is -0.468 e. The summed E-state index contributed by atoms with van der Waals surface area (Å²) in [6.07, 6.45) is 3.35. The Bertz CT molecular complexity index is 985. The lowest BCUT2D eigenvalue weighted by Gasteiger charge is -1.88. The van der Waals surface area contributed by atoms with Crippen LogP contribution in [0.15, 0.2) is 0 Å². The zero-order chi connectivity index (χ0) is 22.3. The smallest absolute Gasteiger partial charge is 0.317 e. The van der Waals surface area contributed by atoms with Crippen molar-refractivity contribution in [2.75, 3.05) is 7.04 Å². The molecule has 0 fully saturated rings. The predicted molar refractivity (Wildman–Crippen MR) is 109 cm³/mol. The van der Waals surface area contributed by atoms with Crippen molar-refractivity contribution in [3.63, 3.8) is 0 Å². The topological polar surface area (TPSA) is 26.3 Å². The summed E-state index contributed by atoms with van der Waals surface area (Å²) in [7, 11) is -2.73. The fourth-order valence-electron chi connectivity index (χ4n) is 1.31. The van der Waals surface area contributed by atoms with Gasteiger partial charge in [-0.15, -0.1) is 5.92 Å². The molecule has 0 aliphatic carbocycles. The molecular formula is C25H22O2. The lowest BCUT2D eigenvalue weighted by Crippen LogP contribution is -1.96. The van der Waals surface area contributed by atoms with Gasteiger partial charge in [0.2, 0.25) is 0 Å². The van der Waals surface area contributed by atoms with Gasteiger partial charge in [0, 0.05) is 6.42 Å². The Hall–Kier alpha value is -3.61. The summed E-state index contributed by atoms with van der Waals surface area (Å²) in [6, 6.07) is 0. The average Bonchev–Trinajstić information content (AvgIpc) is 2.68. The highest BCUT2D eigenvalue weighted by Crippen LogP contribution is 1.82. The molecule has 0 spiro atoms. The van der Waals surface area contributed by atoms with Crippen LogP contribution in [0.25, 0.3) is 0 Å². The minimum absolute atomic E-state index is 0.273. The second-order valence-corrected chi connectivity index (χ2v) is 4.54. The number of carbonyl (C=O) groups is 1. The van der Waals surface area contributed by atoms with Gasteiger partial charge < -0.3 is 4.74 Å². The SMILES string of the molecule is [2H]C([2H])([2H])OC(=O)CC#CCC#CCC#CCC#CCC#CCC#CCC#CCC. The molecule has 0 rings (SSSR count). The van der Waals surface area contributed by atoms with Crippen LogP contribution >= 0.6 is 0 Å². The van der Waals surface area contributed by atoms with Crippen molar-refractivity contribution in [2.45, 2.75) is 58.3 Å². The van der Waals surface area contributed by atoms with Crippen LogP contribution < -0.4 is 0 Å². The normalized spacial score (nSPS) is 9.00. The molecule has 0 amide bonds. The van der Waals surface area contributed by atoms with Crippen molar-refractivity contribution in [3.05, 3.63) is 0 Å². The van der Waals surface area contributed by atoms with Crippen molar-refractivity contribution in [2.24, 2.45) is 0 Å². The molecule has 2 nitrogen and oxygen atoms in total. The van der Waals surface area contributed by atoms with E-state index in [1.165, 1.54) is 0 Å². The van der Waals surface area contributed by atoms with E-state index in [0.717, 1.165) is 6.42 Å². The molecule has 0 N–H and O–H groups in total. The van der Waals surface area contributed by atoms with Gasteiger partial charge >= 0.3 is 5.97 Å². The van der Waals surface area contributed by atoms with Crippen LogP contribution in [0.3, 0.4) is 0 Å². The van der Waals surface area contributed by atoms with Gasteiger partial charge in [-0.1, -0.05) is 83.9 Å². The molecule has 0 aliphatic heterocycles. The molecule has 0 bridgehead atoms. The summed E-state index contributed by atoms with van der Waals surface area (Å²) < 4.78 is 24.5. The summed E-state index contributed by atoms with van der Waals surface area (Å²) in [5.41, 5.74) is 0. The van der Waals surface area contributed by atoms with Crippen LogP contribution in [0.2, 0.25) is 0 Å². The summed E-state index contributed by atoms with van der Waals surface area (Å²) in [4.78, 5) is 11.1. The highest BCUT2D eigenvalue weighted by molar-refractivity contribution is 5.72. The third kappa shape index (κ3) is 20.3. The zero-order valence-electron chi connectivity index (χ0n) is 18.5. The maximum absolute atomic E-state index is 11.1. The van der Waals surface area contributed by atoms with Crippen LogP contribution in [0.5, 0.6) is 0 Å². The third-order valence-corrected chi connectivity index (χ3v) is 2.46. The highest BCUT2D eigenvalue weighted by atomic mass is 16.5. The van der Waals surface area contributed by atoms with Crippen molar-refractivity contribution in [1.29, 1.82) is 0 Å². The van der Waals surface area contributed by atoms with E-state index in [-0.39, 0.29) is 12.8 Å². The Labute approximate surface area is 168 Å². The quantitative estimate of drug-likeness (QED) is 0.532. The van der Waals surface area contributed by atoms with E-state index in [1.807, 2.05) is 6.92 Å². The zero-order valence-corrected chi connectivity index (χ0v) is 15.5. The molecule has 27 heavy (non-hydrogen) atoms. The van der Waals surface area contributed by atoms with Crippen LogP contribution in [-0.4, -0.2) is 13.0 Å². The number of esters is 1. The molecule has 0 heterocycles. The van der Waals surface area contributed by atoms with Gasteiger partial charge in [-0.05, 0) is 0 Å². The highest BCUT2D eigenvalue weighted by Gasteiger charge is 1.92. The van der Waals surface area contributed by atoms with E-state index in [9.17, 15) is 4.79 Å². The number of rotatable bonds is 1. The van der Waals surface area contributed by atoms with Gasteiger partial charge in [-0.25, -0.2) is 0 Å². The molecule has 134 valence electrons. The van der Waals surface area contributed by atoms with E-state index in [2.05, 4.69) is 87.6 Å². The van der Waals surface area contributed by atoms with Crippen LogP contribution in [0, 0.1) is 82.9 Å². The van der Waals surface area contributed by atoms with Crippen molar-refractivity contribution in [3.8, 4) is 82.9 Å². The number of carbonyl (C=O) groups excluding carboxylic acids is 1. The molecule has 0 aliphatic rings. The molecular weight excluding hydrogens is 332 g/mol. The standard InChI is InChI=1S/C25H22O2/c1-3-4-5-6-7-8-9-10-11-12-13-14-15-16-17-18-19-20-21-22-23-24-25(26)27-2/h3,6,9,12,15,18,21,24H2,1-2H3/i2D3. The first kappa shape index (κ1) is 18.2. The molecule has 0 unspecified atom stereocenters. The lowest BCUT2D eigenvalue weighted by atomic mass is 10.3. The molecule has 0 atom stereocenters. The fourth-order valence-corrected chi connectivity index (χ4v) is 1.31. The molecule has 0 aromatic rings. The van der Waals surface area contributed by atoms with Gasteiger partial charge in [0.15, 0.2) is 0 Å². The van der Waals surface area contributed by atoms with Crippen LogP contribution in [0.4, 0.5) is 0 Å². The van der Waals surface area contributed by atoms with Crippen molar-refractivity contribution < 1.29 is 13.6 Å². The number of methoxy groups -OCH3 is 1. The average molecular weight is 357 g/mol. The monoisotopic (exact) mass is 357 g/mol. The largest absolute Gasteiger partial charge is 0.468 e. The lowest BCUT2D eigenvalue weighted by molar-refractivity contribution is -0.139. The summed E-state index contributed by atoms with van der Waals surface area (Å²) >= 11 is 0. The van der Waals surface area contributed by atoms with Gasteiger partial charge in [-0.2, -0.15) is 0 Å². The van der Waals surface area contributed by atoms with Gasteiger partial charge in [0.25, 0.3) is 0 Å². The van der Waals surface area contributed by atoms with E-state index in [4.69, 9.17) is 4.11 Å². The summed E-state index contributed by atoms with van der Waals surface area (Å²) in [6.45, 7) is 2.00. The summed E-state index contributed by atoms with van der Waals surface area (Å²) in [5.74, 6) is 39.2. The van der Waals surface area contributed by atoms with Gasteiger partial charge in [-0.3, -0.25) is 4.79 Å². The Balaban J connectivity index is 3.88. The second kappa shape index (κ2) is 20.4. The number of hydrogen-bond donors (Lipinski definition) is 0. The first-order valence-corrected chi connectivity index (χ1v) is 8.37. The van der Waals surface area contributed by atoms with Gasteiger partial charge in [0.05, 0.1) is 49.7 Å². The van der Waals surface area contributed by atoms with Crippen molar-refractivity contribution in [1.82, 2.24) is 0 Å². The Morgan fingerprint density at radius 3 is 1.30 bits per heavy atom. The number of hydrogen-bond acceptors (Lipinski definition) is 2. The minimum atomic E-state index is -2.73. The second-order valence-electron chi connectivity index (χ2n) is 4.54. The van der Waals surface area contributed by atoms with Crippen LogP contribution in [0.1, 0.15) is 62.4 Å². The van der Waals surface area contributed by atoms with E-state index in [0.29, 0.717) is 32.1 Å². The first-order chi connectivity index (χ1) is 14.5. The fraction of sp³-hybridized carbons (Fsp3) is 0.400. The van der Waals surface area contributed by atoms with Crippen molar-refractivity contribution >= 4 is 5.97 Å².